The fraction of sp³-hybridized carbons (Fsp3) is 0.588. The van der Waals surface area contributed by atoms with Crippen LogP contribution in [0.3, 0.4) is 0 Å². The van der Waals surface area contributed by atoms with Crippen molar-refractivity contribution < 1.29 is 4.74 Å². The molecule has 0 N–H and O–H groups in total. The average Bonchev–Trinajstić information content (AvgIpc) is 2.49. The molecule has 0 fully saturated rings. The molecule has 0 bridgehead atoms. The number of hydrogen-bond donors (Lipinski definition) is 0. The van der Waals surface area contributed by atoms with Crippen LogP contribution in [0.1, 0.15) is 25.3 Å². The van der Waals surface area contributed by atoms with Crippen molar-refractivity contribution in [3.63, 3.8) is 0 Å². The van der Waals surface area contributed by atoms with Crippen LogP contribution < -0.4 is 4.74 Å². The predicted molar refractivity (Wildman–Crippen MR) is 86.6 cm³/mol. The van der Waals surface area contributed by atoms with Crippen molar-refractivity contribution >= 4 is 0 Å². The molecule has 1 aromatic rings. The molecule has 0 atom stereocenters. The number of benzene rings is 1. The quantitative estimate of drug-likeness (QED) is 0.621. The van der Waals surface area contributed by atoms with E-state index in [1.54, 1.807) is 12.1 Å². The molecule has 0 radical (unpaired) electrons. The highest BCUT2D eigenvalue weighted by molar-refractivity contribution is 5.36. The van der Waals surface area contributed by atoms with Gasteiger partial charge in [-0.2, -0.15) is 5.26 Å². The number of rotatable bonds is 10. The zero-order valence-corrected chi connectivity index (χ0v) is 13.5. The summed E-state index contributed by atoms with van der Waals surface area (Å²) in [4.78, 5) is 4.68. The van der Waals surface area contributed by atoms with Gasteiger partial charge in [0.1, 0.15) is 5.75 Å². The third-order valence-corrected chi connectivity index (χ3v) is 3.38. The first-order valence-electron chi connectivity index (χ1n) is 7.65. The third kappa shape index (κ3) is 7.69. The van der Waals surface area contributed by atoms with E-state index < -0.39 is 0 Å². The van der Waals surface area contributed by atoms with Crippen LogP contribution in [0.2, 0.25) is 0 Å². The van der Waals surface area contributed by atoms with E-state index in [0.29, 0.717) is 12.2 Å². The van der Waals surface area contributed by atoms with Crippen LogP contribution in [-0.4, -0.2) is 56.7 Å². The Morgan fingerprint density at radius 1 is 1.14 bits per heavy atom. The molecule has 1 rings (SSSR count). The first kappa shape index (κ1) is 17.5. The molecule has 4 nitrogen and oxygen atoms in total. The molecule has 0 spiro atoms. The maximum Gasteiger partial charge on any atom is 0.120 e. The third-order valence-electron chi connectivity index (χ3n) is 3.38. The van der Waals surface area contributed by atoms with Crippen molar-refractivity contribution in [1.82, 2.24) is 9.80 Å². The molecule has 0 heterocycles. The van der Waals surface area contributed by atoms with Crippen LogP contribution in [0.15, 0.2) is 24.3 Å². The minimum Gasteiger partial charge on any atom is -0.494 e. The summed E-state index contributed by atoms with van der Waals surface area (Å²) in [7, 11) is 4.22. The molecule has 116 valence electrons. The fourth-order valence-corrected chi connectivity index (χ4v) is 2.17. The van der Waals surface area contributed by atoms with E-state index in [4.69, 9.17) is 10.00 Å². The largest absolute Gasteiger partial charge is 0.494 e. The molecule has 0 aliphatic rings. The smallest absolute Gasteiger partial charge is 0.120 e. The molecule has 0 aliphatic heterocycles. The monoisotopic (exact) mass is 289 g/mol. The maximum absolute atomic E-state index is 8.84. The average molecular weight is 289 g/mol. The first-order chi connectivity index (χ1) is 10.2. The molecule has 0 aliphatic carbocycles. The Morgan fingerprint density at radius 2 is 1.90 bits per heavy atom. The Hall–Kier alpha value is -1.57. The normalized spacial score (nSPS) is 10.9. The van der Waals surface area contributed by atoms with Crippen LogP contribution in [0.5, 0.6) is 5.75 Å². The lowest BCUT2D eigenvalue weighted by Crippen LogP contribution is -2.29. The van der Waals surface area contributed by atoms with Gasteiger partial charge in [-0.05, 0) is 64.8 Å². The molecule has 0 saturated heterocycles. The maximum atomic E-state index is 8.84. The van der Waals surface area contributed by atoms with Gasteiger partial charge in [0.15, 0.2) is 0 Å². The molecule has 0 aromatic heterocycles. The molecule has 0 amide bonds. The minimum absolute atomic E-state index is 0.645. The molecule has 4 heteroatoms. The number of ether oxygens (including phenoxy) is 1. The van der Waals surface area contributed by atoms with Gasteiger partial charge < -0.3 is 14.5 Å². The summed E-state index contributed by atoms with van der Waals surface area (Å²) >= 11 is 0. The first-order valence-corrected chi connectivity index (χ1v) is 7.65. The van der Waals surface area contributed by atoms with Crippen LogP contribution in [-0.2, 0) is 0 Å². The summed E-state index contributed by atoms with van der Waals surface area (Å²) in [6, 6.07) is 9.45. The second-order valence-corrected chi connectivity index (χ2v) is 5.43. The van der Waals surface area contributed by atoms with Gasteiger partial charge in [-0.15, -0.1) is 0 Å². The standard InChI is InChI=1S/C17H27N3O/c1-4-20(11-6-10-19(2)3)12-7-13-21-17-9-5-8-16(14-17)15-18/h5,8-9,14H,4,6-7,10-13H2,1-3H3. The van der Waals surface area contributed by atoms with Crippen LogP contribution >= 0.6 is 0 Å². The Labute approximate surface area is 128 Å². The van der Waals surface area contributed by atoms with Crippen molar-refractivity contribution in [2.75, 3.05) is 46.9 Å². The van der Waals surface area contributed by atoms with E-state index in [0.717, 1.165) is 38.3 Å². The van der Waals surface area contributed by atoms with Crippen molar-refractivity contribution in [3.05, 3.63) is 29.8 Å². The van der Waals surface area contributed by atoms with E-state index in [1.807, 2.05) is 12.1 Å². The zero-order valence-electron chi connectivity index (χ0n) is 13.5. The molecular weight excluding hydrogens is 262 g/mol. The van der Waals surface area contributed by atoms with Gasteiger partial charge in [0.05, 0.1) is 18.2 Å². The predicted octanol–water partition coefficient (Wildman–Crippen LogP) is 2.60. The zero-order chi connectivity index (χ0) is 15.5. The van der Waals surface area contributed by atoms with Gasteiger partial charge >= 0.3 is 0 Å². The van der Waals surface area contributed by atoms with Gasteiger partial charge in [-0.25, -0.2) is 0 Å². The summed E-state index contributed by atoms with van der Waals surface area (Å²) in [6.45, 7) is 7.30. The summed E-state index contributed by atoms with van der Waals surface area (Å²) < 4.78 is 5.70. The van der Waals surface area contributed by atoms with E-state index in [9.17, 15) is 0 Å². The Bertz CT molecular complexity index is 440. The number of hydrogen-bond acceptors (Lipinski definition) is 4. The second-order valence-electron chi connectivity index (χ2n) is 5.43. The van der Waals surface area contributed by atoms with Crippen molar-refractivity contribution in [2.45, 2.75) is 19.8 Å². The highest BCUT2D eigenvalue weighted by atomic mass is 16.5. The lowest BCUT2D eigenvalue weighted by atomic mass is 10.2. The van der Waals surface area contributed by atoms with Gasteiger partial charge in [0.25, 0.3) is 0 Å². The van der Waals surface area contributed by atoms with Gasteiger partial charge in [-0.1, -0.05) is 13.0 Å². The Morgan fingerprint density at radius 3 is 2.57 bits per heavy atom. The molecule has 21 heavy (non-hydrogen) atoms. The fourth-order valence-electron chi connectivity index (χ4n) is 2.17. The second kappa shape index (κ2) is 10.2. The van der Waals surface area contributed by atoms with E-state index >= 15 is 0 Å². The molecule has 1 aromatic carbocycles. The van der Waals surface area contributed by atoms with Crippen LogP contribution in [0.4, 0.5) is 0 Å². The SMILES string of the molecule is CCN(CCCOc1cccc(C#N)c1)CCCN(C)C. The summed E-state index contributed by atoms with van der Waals surface area (Å²) in [5.74, 6) is 0.782. The van der Waals surface area contributed by atoms with E-state index in [-0.39, 0.29) is 0 Å². The summed E-state index contributed by atoms with van der Waals surface area (Å²) in [5.41, 5.74) is 0.645. The van der Waals surface area contributed by atoms with Gasteiger partial charge in [0, 0.05) is 6.54 Å². The number of nitrogens with zero attached hydrogens (tertiary/aromatic N) is 3. The van der Waals surface area contributed by atoms with Gasteiger partial charge in [-0.3, -0.25) is 0 Å². The molecular formula is C17H27N3O. The lowest BCUT2D eigenvalue weighted by Gasteiger charge is -2.21. The Balaban J connectivity index is 2.20. The van der Waals surface area contributed by atoms with Crippen LogP contribution in [0, 0.1) is 11.3 Å². The molecule has 0 unspecified atom stereocenters. The van der Waals surface area contributed by atoms with E-state index in [1.165, 1.54) is 6.42 Å². The number of nitriles is 1. The Kier molecular flexibility index (Phi) is 8.49. The molecule has 0 saturated carbocycles. The van der Waals surface area contributed by atoms with Crippen molar-refractivity contribution in [2.24, 2.45) is 0 Å². The van der Waals surface area contributed by atoms with Gasteiger partial charge in [0.2, 0.25) is 0 Å². The summed E-state index contributed by atoms with van der Waals surface area (Å²) in [5, 5.41) is 8.84. The van der Waals surface area contributed by atoms with Crippen molar-refractivity contribution in [3.8, 4) is 11.8 Å². The highest BCUT2D eigenvalue weighted by Gasteiger charge is 2.03. The van der Waals surface area contributed by atoms with E-state index in [2.05, 4.69) is 36.9 Å². The van der Waals surface area contributed by atoms with Crippen molar-refractivity contribution in [1.29, 1.82) is 5.26 Å². The topological polar surface area (TPSA) is 39.5 Å². The highest BCUT2D eigenvalue weighted by Crippen LogP contribution is 2.12. The van der Waals surface area contributed by atoms with Crippen LogP contribution in [0.25, 0.3) is 0 Å². The summed E-state index contributed by atoms with van der Waals surface area (Å²) in [6.07, 6.45) is 2.21. The minimum atomic E-state index is 0.645. The lowest BCUT2D eigenvalue weighted by molar-refractivity contribution is 0.232.